The second kappa shape index (κ2) is 4.67. The molecule has 0 atom stereocenters. The van der Waals surface area contributed by atoms with Crippen molar-refractivity contribution in [1.29, 1.82) is 0 Å². The van der Waals surface area contributed by atoms with Gasteiger partial charge in [0.15, 0.2) is 0 Å². The van der Waals surface area contributed by atoms with Crippen LogP contribution < -0.4 is 0 Å². The van der Waals surface area contributed by atoms with Crippen LogP contribution in [0.4, 0.5) is 8.78 Å². The van der Waals surface area contributed by atoms with Gasteiger partial charge in [-0.3, -0.25) is 0 Å². The summed E-state index contributed by atoms with van der Waals surface area (Å²) in [5, 5.41) is 8.44. The lowest BCUT2D eigenvalue weighted by atomic mass is 10.2. The summed E-state index contributed by atoms with van der Waals surface area (Å²) < 4.78 is 25.0. The van der Waals surface area contributed by atoms with Gasteiger partial charge in [0, 0.05) is 18.7 Å². The predicted molar refractivity (Wildman–Crippen MR) is 44.9 cm³/mol. The molecule has 0 unspecified atom stereocenters. The molecule has 0 saturated carbocycles. The molecular formula is C9H9F2NO. The normalized spacial score (nSPS) is 11.0. The summed E-state index contributed by atoms with van der Waals surface area (Å²) in [5.41, 5.74) is 0.401. The van der Waals surface area contributed by atoms with Crippen LogP contribution in [-0.4, -0.2) is 16.7 Å². The number of aromatic nitrogens is 1. The Bertz CT molecular complexity index is 292. The van der Waals surface area contributed by atoms with E-state index in [2.05, 4.69) is 4.98 Å². The monoisotopic (exact) mass is 185 g/mol. The highest BCUT2D eigenvalue weighted by molar-refractivity contribution is 5.48. The first-order chi connectivity index (χ1) is 6.22. The molecule has 0 aliphatic heterocycles. The Kier molecular flexibility index (Phi) is 3.52. The Labute approximate surface area is 74.5 Å². The number of hydrogen-bond acceptors (Lipinski definition) is 2. The van der Waals surface area contributed by atoms with Gasteiger partial charge in [0.1, 0.15) is 0 Å². The largest absolute Gasteiger partial charge is 0.396 e. The molecule has 2 nitrogen and oxygen atoms in total. The van der Waals surface area contributed by atoms with Gasteiger partial charge >= 0.3 is 0 Å². The molecule has 4 heteroatoms. The van der Waals surface area contributed by atoms with Crippen LogP contribution in [0.15, 0.2) is 18.2 Å². The Hall–Kier alpha value is -1.29. The minimum atomic E-state index is -0.844. The summed E-state index contributed by atoms with van der Waals surface area (Å²) in [7, 11) is 0. The first kappa shape index (κ1) is 9.80. The number of aliphatic hydroxyl groups excluding tert-OH is 1. The zero-order chi connectivity index (χ0) is 9.68. The van der Waals surface area contributed by atoms with E-state index in [1.54, 1.807) is 6.08 Å². The topological polar surface area (TPSA) is 33.1 Å². The standard InChI is InChI=1S/C9H9F2NO/c10-8-5-7(3-1-2-4-13)6-9(11)12-8/h1,3,5-6,13H,2,4H2. The first-order valence-corrected chi connectivity index (χ1v) is 3.83. The molecule has 0 amide bonds. The summed E-state index contributed by atoms with van der Waals surface area (Å²) in [5.74, 6) is -1.69. The van der Waals surface area contributed by atoms with Crippen LogP contribution in [0.2, 0.25) is 0 Å². The fraction of sp³-hybridized carbons (Fsp3) is 0.222. The SMILES string of the molecule is OCCC=Cc1cc(F)nc(F)c1. The van der Waals surface area contributed by atoms with Crippen LogP contribution in [0.1, 0.15) is 12.0 Å². The number of halogens is 2. The lowest BCUT2D eigenvalue weighted by molar-refractivity contribution is 0.303. The van der Waals surface area contributed by atoms with Crippen LogP contribution in [0.5, 0.6) is 0 Å². The molecule has 1 N–H and O–H groups in total. The second-order valence-corrected chi connectivity index (χ2v) is 2.46. The maximum absolute atomic E-state index is 12.5. The van der Waals surface area contributed by atoms with E-state index in [1.807, 2.05) is 0 Å². The number of nitrogens with zero attached hydrogens (tertiary/aromatic N) is 1. The van der Waals surface area contributed by atoms with Gasteiger partial charge in [0.05, 0.1) is 0 Å². The summed E-state index contributed by atoms with van der Waals surface area (Å²) in [4.78, 5) is 2.95. The maximum Gasteiger partial charge on any atom is 0.216 e. The van der Waals surface area contributed by atoms with Crippen molar-refractivity contribution >= 4 is 6.08 Å². The van der Waals surface area contributed by atoms with E-state index in [4.69, 9.17) is 5.11 Å². The van der Waals surface area contributed by atoms with Crippen LogP contribution in [-0.2, 0) is 0 Å². The third-order valence-electron chi connectivity index (χ3n) is 1.39. The summed E-state index contributed by atoms with van der Waals surface area (Å²) >= 11 is 0. The number of aliphatic hydroxyl groups is 1. The lowest BCUT2D eigenvalue weighted by Crippen LogP contribution is -1.88. The Morgan fingerprint density at radius 1 is 1.31 bits per heavy atom. The van der Waals surface area contributed by atoms with E-state index in [-0.39, 0.29) is 6.61 Å². The quantitative estimate of drug-likeness (QED) is 0.728. The van der Waals surface area contributed by atoms with E-state index < -0.39 is 11.9 Å². The Morgan fingerprint density at radius 2 is 1.92 bits per heavy atom. The minimum Gasteiger partial charge on any atom is -0.396 e. The summed E-state index contributed by atoms with van der Waals surface area (Å²) in [6.07, 6.45) is 3.63. The molecule has 70 valence electrons. The van der Waals surface area contributed by atoms with E-state index in [9.17, 15) is 8.78 Å². The average Bonchev–Trinajstić information content (AvgIpc) is 2.03. The molecule has 13 heavy (non-hydrogen) atoms. The van der Waals surface area contributed by atoms with Gasteiger partial charge in [-0.05, 0) is 12.0 Å². The third kappa shape index (κ3) is 3.29. The number of rotatable bonds is 3. The highest BCUT2D eigenvalue weighted by atomic mass is 19.1. The predicted octanol–water partition coefficient (Wildman–Crippen LogP) is 1.76. The highest BCUT2D eigenvalue weighted by Gasteiger charge is 1.97. The van der Waals surface area contributed by atoms with Crippen LogP contribution in [0.25, 0.3) is 6.08 Å². The van der Waals surface area contributed by atoms with Crippen molar-refractivity contribution in [3.05, 3.63) is 35.7 Å². The second-order valence-electron chi connectivity index (χ2n) is 2.46. The van der Waals surface area contributed by atoms with E-state index in [1.165, 1.54) is 6.08 Å². The Morgan fingerprint density at radius 3 is 2.46 bits per heavy atom. The fourth-order valence-corrected chi connectivity index (χ4v) is 0.873. The smallest absolute Gasteiger partial charge is 0.216 e. The van der Waals surface area contributed by atoms with Gasteiger partial charge in [-0.15, -0.1) is 0 Å². The van der Waals surface area contributed by atoms with Gasteiger partial charge in [0.25, 0.3) is 0 Å². The zero-order valence-corrected chi connectivity index (χ0v) is 6.87. The van der Waals surface area contributed by atoms with Crippen molar-refractivity contribution in [2.45, 2.75) is 6.42 Å². The number of hydrogen-bond donors (Lipinski definition) is 1. The number of pyridine rings is 1. The fourth-order valence-electron chi connectivity index (χ4n) is 0.873. The van der Waals surface area contributed by atoms with Crippen LogP contribution in [0.3, 0.4) is 0 Å². The molecule has 0 bridgehead atoms. The van der Waals surface area contributed by atoms with Crippen LogP contribution >= 0.6 is 0 Å². The van der Waals surface area contributed by atoms with Crippen molar-refractivity contribution in [2.24, 2.45) is 0 Å². The molecule has 1 heterocycles. The molecule has 0 radical (unpaired) electrons. The van der Waals surface area contributed by atoms with Crippen molar-refractivity contribution in [1.82, 2.24) is 4.98 Å². The van der Waals surface area contributed by atoms with E-state index >= 15 is 0 Å². The van der Waals surface area contributed by atoms with Gasteiger partial charge in [-0.2, -0.15) is 13.8 Å². The zero-order valence-electron chi connectivity index (χ0n) is 6.87. The molecule has 1 rings (SSSR count). The van der Waals surface area contributed by atoms with E-state index in [0.717, 1.165) is 12.1 Å². The minimum absolute atomic E-state index is 0.0204. The third-order valence-corrected chi connectivity index (χ3v) is 1.39. The highest BCUT2D eigenvalue weighted by Crippen LogP contribution is 2.06. The molecule has 0 saturated heterocycles. The average molecular weight is 185 g/mol. The molecule has 0 aromatic carbocycles. The summed E-state index contributed by atoms with van der Waals surface area (Å²) in [6, 6.07) is 2.24. The maximum atomic E-state index is 12.5. The van der Waals surface area contributed by atoms with Crippen molar-refractivity contribution in [3.63, 3.8) is 0 Å². The van der Waals surface area contributed by atoms with Crippen LogP contribution in [0, 0.1) is 11.9 Å². The lowest BCUT2D eigenvalue weighted by Gasteiger charge is -1.93. The van der Waals surface area contributed by atoms with Crippen molar-refractivity contribution in [3.8, 4) is 0 Å². The molecular weight excluding hydrogens is 176 g/mol. The molecule has 0 aliphatic rings. The molecule has 1 aromatic heterocycles. The van der Waals surface area contributed by atoms with Gasteiger partial charge in [-0.1, -0.05) is 12.2 Å². The summed E-state index contributed by atoms with van der Waals surface area (Å²) in [6.45, 7) is 0.0204. The van der Waals surface area contributed by atoms with Gasteiger partial charge in [0.2, 0.25) is 11.9 Å². The van der Waals surface area contributed by atoms with Gasteiger partial charge in [-0.25, -0.2) is 0 Å². The Balaban J connectivity index is 2.77. The van der Waals surface area contributed by atoms with Crippen molar-refractivity contribution in [2.75, 3.05) is 6.61 Å². The molecule has 1 aromatic rings. The molecule has 0 fully saturated rings. The van der Waals surface area contributed by atoms with E-state index in [0.29, 0.717) is 12.0 Å². The van der Waals surface area contributed by atoms with Gasteiger partial charge < -0.3 is 5.11 Å². The van der Waals surface area contributed by atoms with Crippen molar-refractivity contribution < 1.29 is 13.9 Å². The first-order valence-electron chi connectivity index (χ1n) is 3.83. The molecule has 0 spiro atoms. The molecule has 0 aliphatic carbocycles.